The fourth-order valence-corrected chi connectivity index (χ4v) is 2.88. The summed E-state index contributed by atoms with van der Waals surface area (Å²) in [6.07, 6.45) is 5.25. The van der Waals surface area contributed by atoms with Gasteiger partial charge in [-0.1, -0.05) is 68.2 Å². The summed E-state index contributed by atoms with van der Waals surface area (Å²) in [6.45, 7) is 20.6. The van der Waals surface area contributed by atoms with E-state index in [-0.39, 0.29) is 90.3 Å². The van der Waals surface area contributed by atoms with Gasteiger partial charge in [0, 0.05) is 10.8 Å². The van der Waals surface area contributed by atoms with E-state index in [1.165, 1.54) is 0 Å². The van der Waals surface area contributed by atoms with Crippen LogP contribution in [0.4, 0.5) is 0 Å². The van der Waals surface area contributed by atoms with Gasteiger partial charge in [0.25, 0.3) is 0 Å². The van der Waals surface area contributed by atoms with Crippen molar-refractivity contribution in [1.29, 1.82) is 0 Å². The van der Waals surface area contributed by atoms with Crippen LogP contribution in [0.15, 0.2) is 0 Å². The second kappa shape index (κ2) is 14.3. The first-order valence-electron chi connectivity index (χ1n) is 10.6. The molecule has 0 saturated heterocycles. The molecule has 0 saturated carbocycles. The van der Waals surface area contributed by atoms with Gasteiger partial charge < -0.3 is 12.3 Å². The Labute approximate surface area is 238 Å². The molecule has 0 fully saturated rings. The average Bonchev–Trinajstić information content (AvgIpc) is 2.48. The van der Waals surface area contributed by atoms with Gasteiger partial charge in [-0.2, -0.15) is 0 Å². The minimum Gasteiger partial charge on any atom is -1.00 e. The van der Waals surface area contributed by atoms with Gasteiger partial charge in [0.1, 0.15) is 17.6 Å². The summed E-state index contributed by atoms with van der Waals surface area (Å²) in [5.74, 6) is -0.999. The minimum atomic E-state index is -0.601. The number of hydrogen-bond acceptors (Lipinski definition) is 4. The van der Waals surface area contributed by atoms with Crippen molar-refractivity contribution in [3.05, 3.63) is 0 Å². The van der Waals surface area contributed by atoms with Crippen molar-refractivity contribution in [3.63, 3.8) is 0 Å². The van der Waals surface area contributed by atoms with E-state index in [9.17, 15) is 9.59 Å². The fraction of sp³-hybridized carbons (Fsp3) is 0.913. The summed E-state index contributed by atoms with van der Waals surface area (Å²) < 4.78 is 11.6. The van der Waals surface area contributed by atoms with Gasteiger partial charge >= 0.3 is 82.2 Å². The Morgan fingerprint density at radius 2 is 0.966 bits per heavy atom. The van der Waals surface area contributed by atoms with Crippen LogP contribution < -0.4 is 70.2 Å². The summed E-state index contributed by atoms with van der Waals surface area (Å²) in [4.78, 5) is 25.0. The van der Waals surface area contributed by atoms with Crippen LogP contribution >= 0.6 is 0 Å². The predicted molar refractivity (Wildman–Crippen MR) is 114 cm³/mol. The molecule has 2 atom stereocenters. The molecule has 29 heavy (non-hydrogen) atoms. The Balaban J connectivity index is -0.000000563. The number of hydrogen-bond donors (Lipinski definition) is 0. The zero-order valence-electron chi connectivity index (χ0n) is 23.6. The third kappa shape index (κ3) is 11.6. The normalized spacial score (nSPS) is 15.8. The first-order chi connectivity index (χ1) is 12.1. The zero-order chi connectivity index (χ0) is 21.5. The van der Waals surface area contributed by atoms with Crippen molar-refractivity contribution in [2.75, 3.05) is 0 Å². The van der Waals surface area contributed by atoms with Crippen molar-refractivity contribution in [2.24, 2.45) is 10.8 Å². The molecule has 0 aromatic rings. The molecular weight excluding hydrogens is 386 g/mol. The van der Waals surface area contributed by atoms with Gasteiger partial charge in [0.05, 0.1) is 0 Å². The molecule has 0 amide bonds. The summed E-state index contributed by atoms with van der Waals surface area (Å²) in [7, 11) is 0. The quantitative estimate of drug-likeness (QED) is 0.290. The van der Waals surface area contributed by atoms with Crippen LogP contribution in [0.25, 0.3) is 0 Å². The molecule has 6 heteroatoms. The van der Waals surface area contributed by atoms with Gasteiger partial charge in [-0.3, -0.25) is 9.59 Å². The molecule has 0 rings (SSSR count). The number of esters is 2. The van der Waals surface area contributed by atoms with E-state index in [0.717, 1.165) is 38.5 Å². The number of carbonyl (C=O) groups excluding carboxylic acids is 2. The van der Waals surface area contributed by atoms with Crippen LogP contribution in [0.5, 0.6) is 0 Å². The standard InChI is InChI=1S/C23H44O4.K.Li.2H/c1-11-13-15-22(9,20(3,4)5)26-18(24)17-19(25)27-23(10,16-14-12-2)21(6,7)8;;;;/h11-17H2,1-10H3;;;;/q;2*+1;2*-1. The third-order valence-electron chi connectivity index (χ3n) is 6.15. The molecule has 0 aliphatic rings. The summed E-state index contributed by atoms with van der Waals surface area (Å²) >= 11 is 0. The van der Waals surface area contributed by atoms with E-state index in [4.69, 9.17) is 9.47 Å². The van der Waals surface area contributed by atoms with Crippen LogP contribution in [0, 0.1) is 10.8 Å². The molecule has 0 aromatic carbocycles. The predicted octanol–water partition coefficient (Wildman–Crippen LogP) is 0.686. The van der Waals surface area contributed by atoms with Crippen LogP contribution in [-0.4, -0.2) is 23.1 Å². The first kappa shape index (κ1) is 34.8. The van der Waals surface area contributed by atoms with Crippen molar-refractivity contribution in [1.82, 2.24) is 0 Å². The SMILES string of the molecule is CCCCC(C)(OC(=O)CC(=O)OC(C)(CCCC)C(C)(C)C)C(C)(C)C.[H-].[H-].[K+].[Li+]. The van der Waals surface area contributed by atoms with Crippen LogP contribution in [0.3, 0.4) is 0 Å². The van der Waals surface area contributed by atoms with Gasteiger partial charge in [0.15, 0.2) is 0 Å². The minimum absolute atomic E-state index is 0. The fourth-order valence-electron chi connectivity index (χ4n) is 2.88. The van der Waals surface area contributed by atoms with Crippen molar-refractivity contribution in [2.45, 2.75) is 125 Å². The monoisotopic (exact) mass is 432 g/mol. The summed E-state index contributed by atoms with van der Waals surface area (Å²) in [5, 5.41) is 0. The molecule has 0 aliphatic carbocycles. The molecule has 0 aromatic heterocycles. The van der Waals surface area contributed by atoms with Crippen LogP contribution in [0.1, 0.15) is 117 Å². The van der Waals surface area contributed by atoms with Crippen molar-refractivity contribution >= 4 is 11.9 Å². The largest absolute Gasteiger partial charge is 1.00 e. The Hall–Kier alpha value is 1.17. The topological polar surface area (TPSA) is 52.6 Å². The number of rotatable bonds is 10. The van der Waals surface area contributed by atoms with Crippen LogP contribution in [0.2, 0.25) is 0 Å². The first-order valence-corrected chi connectivity index (χ1v) is 10.6. The second-order valence-corrected chi connectivity index (χ2v) is 10.3. The maximum absolute atomic E-state index is 12.5. The van der Waals surface area contributed by atoms with Gasteiger partial charge in [0.2, 0.25) is 0 Å². The van der Waals surface area contributed by atoms with E-state index in [2.05, 4.69) is 55.4 Å². The molecule has 164 valence electrons. The van der Waals surface area contributed by atoms with E-state index in [1.807, 2.05) is 13.8 Å². The second-order valence-electron chi connectivity index (χ2n) is 10.3. The van der Waals surface area contributed by atoms with Crippen molar-refractivity contribution < 1.29 is 92.2 Å². The molecule has 0 aliphatic heterocycles. The Kier molecular flexibility index (Phi) is 17.2. The molecule has 4 nitrogen and oxygen atoms in total. The Morgan fingerprint density at radius 3 is 1.17 bits per heavy atom. The van der Waals surface area contributed by atoms with E-state index in [1.54, 1.807) is 0 Å². The van der Waals surface area contributed by atoms with Crippen molar-refractivity contribution in [3.8, 4) is 0 Å². The summed E-state index contributed by atoms with van der Waals surface area (Å²) in [5.41, 5.74) is -1.61. The maximum atomic E-state index is 12.5. The Bertz CT molecular complexity index is 463. The molecule has 2 unspecified atom stereocenters. The zero-order valence-corrected chi connectivity index (χ0v) is 24.7. The van der Waals surface area contributed by atoms with Crippen LogP contribution in [-0.2, 0) is 19.1 Å². The Morgan fingerprint density at radius 1 is 0.690 bits per heavy atom. The molecular formula is C23H46KLiO4. The number of ether oxygens (including phenoxy) is 2. The molecule has 0 heterocycles. The van der Waals surface area contributed by atoms with E-state index in [0.29, 0.717) is 0 Å². The molecule has 0 spiro atoms. The average molecular weight is 433 g/mol. The number of carbonyl (C=O) groups is 2. The van der Waals surface area contributed by atoms with Gasteiger partial charge in [-0.25, -0.2) is 0 Å². The smallest absolute Gasteiger partial charge is 1.00 e. The number of unbranched alkanes of at least 4 members (excludes halogenated alkanes) is 2. The molecule has 0 radical (unpaired) electrons. The van der Waals surface area contributed by atoms with E-state index >= 15 is 0 Å². The van der Waals surface area contributed by atoms with E-state index < -0.39 is 23.1 Å². The summed E-state index contributed by atoms with van der Waals surface area (Å²) in [6, 6.07) is 0. The molecule has 0 bridgehead atoms. The third-order valence-corrected chi connectivity index (χ3v) is 6.15. The van der Waals surface area contributed by atoms with Gasteiger partial charge in [-0.15, -0.1) is 0 Å². The van der Waals surface area contributed by atoms with Gasteiger partial charge in [-0.05, 0) is 39.5 Å². The molecule has 0 N–H and O–H groups in total. The maximum Gasteiger partial charge on any atom is 1.00 e.